The molecule has 0 radical (unpaired) electrons. The molecule has 0 atom stereocenters. The molecule has 0 N–H and O–H groups in total. The topological polar surface area (TPSA) is 44.8 Å². The Morgan fingerprint density at radius 2 is 1.12 bits per heavy atom. The molecule has 0 heterocycles. The van der Waals surface area contributed by atoms with Crippen molar-refractivity contribution in [2.45, 2.75) is 40.0 Å². The quantitative estimate of drug-likeness (QED) is 0.514. The largest absolute Gasteiger partial charge is 0.494 e. The van der Waals surface area contributed by atoms with Gasteiger partial charge in [-0.2, -0.15) is 0 Å². The second-order valence-corrected chi connectivity index (χ2v) is 6.09. The van der Waals surface area contributed by atoms with Crippen LogP contribution in [0.4, 0.5) is 0 Å². The minimum absolute atomic E-state index is 0.0599. The molecule has 4 heteroatoms. The van der Waals surface area contributed by atoms with Crippen LogP contribution in [-0.4, -0.2) is 25.6 Å². The molecule has 0 unspecified atom stereocenters. The zero-order valence-electron chi connectivity index (χ0n) is 15.9. The fraction of sp³-hybridized carbons (Fsp3) is 0.409. The molecule has 0 saturated carbocycles. The van der Waals surface area contributed by atoms with Crippen molar-refractivity contribution in [3.05, 3.63) is 53.6 Å². The van der Waals surface area contributed by atoms with Crippen LogP contribution in [0.25, 0.3) is 0 Å². The second kappa shape index (κ2) is 10.5. The number of rotatable bonds is 11. The van der Waals surface area contributed by atoms with Crippen molar-refractivity contribution < 1.29 is 19.0 Å². The van der Waals surface area contributed by atoms with E-state index in [0.29, 0.717) is 42.4 Å². The summed E-state index contributed by atoms with van der Waals surface area (Å²) >= 11 is 0. The molecule has 0 aliphatic carbocycles. The van der Waals surface area contributed by atoms with E-state index < -0.39 is 0 Å². The SMILES string of the molecule is CCCOc1ccc(C(=O)c2cc(OCCC)cc(OCCC)c2)cc1. The van der Waals surface area contributed by atoms with Crippen molar-refractivity contribution in [1.29, 1.82) is 0 Å². The first kappa shape index (κ1) is 19.8. The Bertz CT molecular complexity index is 666. The number of ketones is 1. The van der Waals surface area contributed by atoms with E-state index in [0.717, 1.165) is 25.0 Å². The Morgan fingerprint density at radius 1 is 0.654 bits per heavy atom. The predicted molar refractivity (Wildman–Crippen MR) is 104 cm³/mol. The first-order valence-electron chi connectivity index (χ1n) is 9.36. The summed E-state index contributed by atoms with van der Waals surface area (Å²) in [6.07, 6.45) is 2.76. The summed E-state index contributed by atoms with van der Waals surface area (Å²) in [5, 5.41) is 0. The standard InChI is InChI=1S/C22H28O4/c1-4-11-24-19-9-7-17(8-10-19)22(23)18-14-20(25-12-5-2)16-21(15-18)26-13-6-3/h7-10,14-16H,4-6,11-13H2,1-3H3. The van der Waals surface area contributed by atoms with Gasteiger partial charge in [0, 0.05) is 17.2 Å². The van der Waals surface area contributed by atoms with E-state index in [4.69, 9.17) is 14.2 Å². The van der Waals surface area contributed by atoms with Crippen LogP contribution in [0.1, 0.15) is 56.0 Å². The van der Waals surface area contributed by atoms with Crippen LogP contribution in [0, 0.1) is 0 Å². The molecule has 0 aromatic heterocycles. The summed E-state index contributed by atoms with van der Waals surface area (Å²) in [7, 11) is 0. The van der Waals surface area contributed by atoms with E-state index in [1.807, 2.05) is 32.0 Å². The molecule has 0 aliphatic rings. The van der Waals surface area contributed by atoms with Crippen molar-refractivity contribution in [2.24, 2.45) is 0 Å². The second-order valence-electron chi connectivity index (χ2n) is 6.09. The molecule has 2 aromatic carbocycles. The highest BCUT2D eigenvalue weighted by atomic mass is 16.5. The van der Waals surface area contributed by atoms with E-state index in [9.17, 15) is 4.79 Å². The Kier molecular flexibility index (Phi) is 8.00. The monoisotopic (exact) mass is 356 g/mol. The van der Waals surface area contributed by atoms with Crippen LogP contribution in [0.2, 0.25) is 0 Å². The van der Waals surface area contributed by atoms with Crippen LogP contribution in [0.5, 0.6) is 17.2 Å². The smallest absolute Gasteiger partial charge is 0.193 e. The fourth-order valence-corrected chi connectivity index (χ4v) is 2.40. The summed E-state index contributed by atoms with van der Waals surface area (Å²) in [4.78, 5) is 12.9. The number of ether oxygens (including phenoxy) is 3. The molecule has 2 aromatic rings. The zero-order valence-corrected chi connectivity index (χ0v) is 15.9. The van der Waals surface area contributed by atoms with E-state index in [1.165, 1.54) is 0 Å². The lowest BCUT2D eigenvalue weighted by atomic mass is 10.0. The number of carbonyl (C=O) groups is 1. The molecule has 2 rings (SSSR count). The molecule has 4 nitrogen and oxygen atoms in total. The molecule has 0 spiro atoms. The lowest BCUT2D eigenvalue weighted by Gasteiger charge is -2.12. The molecule has 26 heavy (non-hydrogen) atoms. The number of hydrogen-bond acceptors (Lipinski definition) is 4. The summed E-state index contributed by atoms with van der Waals surface area (Å²) in [5.41, 5.74) is 1.18. The van der Waals surface area contributed by atoms with Gasteiger partial charge in [0.1, 0.15) is 17.2 Å². The normalized spacial score (nSPS) is 10.4. The molecule has 0 amide bonds. The fourth-order valence-electron chi connectivity index (χ4n) is 2.40. The highest BCUT2D eigenvalue weighted by molar-refractivity contribution is 6.09. The third-order valence-electron chi connectivity index (χ3n) is 3.68. The van der Waals surface area contributed by atoms with Gasteiger partial charge in [-0.15, -0.1) is 0 Å². The zero-order chi connectivity index (χ0) is 18.8. The van der Waals surface area contributed by atoms with Gasteiger partial charge in [0.15, 0.2) is 5.78 Å². The van der Waals surface area contributed by atoms with E-state index >= 15 is 0 Å². The van der Waals surface area contributed by atoms with Crippen LogP contribution < -0.4 is 14.2 Å². The lowest BCUT2D eigenvalue weighted by Crippen LogP contribution is -2.05. The Labute approximate surface area is 156 Å². The van der Waals surface area contributed by atoms with Crippen LogP contribution >= 0.6 is 0 Å². The maximum Gasteiger partial charge on any atom is 0.193 e. The molecule has 0 saturated heterocycles. The van der Waals surface area contributed by atoms with Crippen LogP contribution in [0.3, 0.4) is 0 Å². The third kappa shape index (κ3) is 5.80. The first-order chi connectivity index (χ1) is 12.7. The summed E-state index contributed by atoms with van der Waals surface area (Å²) in [6.45, 7) is 8.03. The molecule has 140 valence electrons. The van der Waals surface area contributed by atoms with Gasteiger partial charge >= 0.3 is 0 Å². The summed E-state index contributed by atoms with van der Waals surface area (Å²) < 4.78 is 17.0. The minimum Gasteiger partial charge on any atom is -0.494 e. The van der Waals surface area contributed by atoms with Gasteiger partial charge < -0.3 is 14.2 Å². The maximum atomic E-state index is 12.9. The van der Waals surface area contributed by atoms with Gasteiger partial charge in [-0.3, -0.25) is 4.79 Å². The van der Waals surface area contributed by atoms with Crippen molar-refractivity contribution in [3.63, 3.8) is 0 Å². The Hall–Kier alpha value is -2.49. The third-order valence-corrected chi connectivity index (χ3v) is 3.68. The van der Waals surface area contributed by atoms with Gasteiger partial charge in [-0.05, 0) is 55.7 Å². The number of carbonyl (C=O) groups excluding carboxylic acids is 1. The van der Waals surface area contributed by atoms with E-state index in [2.05, 4.69) is 6.92 Å². The van der Waals surface area contributed by atoms with E-state index in [-0.39, 0.29) is 5.78 Å². The molecule has 0 fully saturated rings. The first-order valence-corrected chi connectivity index (χ1v) is 9.36. The molecule has 0 aliphatic heterocycles. The average Bonchev–Trinajstić information content (AvgIpc) is 2.68. The molecule has 0 bridgehead atoms. The van der Waals surface area contributed by atoms with Crippen molar-refractivity contribution in [3.8, 4) is 17.2 Å². The van der Waals surface area contributed by atoms with Crippen LogP contribution in [-0.2, 0) is 0 Å². The molecular weight excluding hydrogens is 328 g/mol. The van der Waals surface area contributed by atoms with E-state index in [1.54, 1.807) is 24.3 Å². The molecular formula is C22H28O4. The maximum absolute atomic E-state index is 12.9. The van der Waals surface area contributed by atoms with Gasteiger partial charge in [0.2, 0.25) is 0 Å². The highest BCUT2D eigenvalue weighted by Crippen LogP contribution is 2.26. The summed E-state index contributed by atoms with van der Waals surface area (Å²) in [5.74, 6) is 2.03. The minimum atomic E-state index is -0.0599. The van der Waals surface area contributed by atoms with Gasteiger partial charge in [0.05, 0.1) is 19.8 Å². The van der Waals surface area contributed by atoms with Crippen LogP contribution in [0.15, 0.2) is 42.5 Å². The lowest BCUT2D eigenvalue weighted by molar-refractivity contribution is 0.103. The Morgan fingerprint density at radius 3 is 1.58 bits per heavy atom. The number of benzene rings is 2. The highest BCUT2D eigenvalue weighted by Gasteiger charge is 2.13. The number of hydrogen-bond donors (Lipinski definition) is 0. The summed E-state index contributed by atoms with van der Waals surface area (Å²) in [6, 6.07) is 12.6. The van der Waals surface area contributed by atoms with Gasteiger partial charge in [-0.25, -0.2) is 0 Å². The average molecular weight is 356 g/mol. The van der Waals surface area contributed by atoms with Gasteiger partial charge in [0.25, 0.3) is 0 Å². The Balaban J connectivity index is 2.22. The van der Waals surface area contributed by atoms with Crippen molar-refractivity contribution in [2.75, 3.05) is 19.8 Å². The predicted octanol–water partition coefficient (Wildman–Crippen LogP) is 5.28. The van der Waals surface area contributed by atoms with Gasteiger partial charge in [-0.1, -0.05) is 20.8 Å². The van der Waals surface area contributed by atoms with Crippen molar-refractivity contribution in [1.82, 2.24) is 0 Å². The van der Waals surface area contributed by atoms with Crippen molar-refractivity contribution >= 4 is 5.78 Å².